The number of nitrogen functional groups attached to an aromatic ring is 1. The normalized spacial score (nSPS) is 10.4. The van der Waals surface area contributed by atoms with Crippen molar-refractivity contribution in [3.8, 4) is 0 Å². The molecule has 0 saturated carbocycles. The lowest BCUT2D eigenvalue weighted by Gasteiger charge is -2.13. The van der Waals surface area contributed by atoms with Crippen molar-refractivity contribution in [2.75, 3.05) is 11.1 Å². The zero-order chi connectivity index (χ0) is 13.3. The van der Waals surface area contributed by atoms with E-state index >= 15 is 0 Å². The minimum absolute atomic E-state index is 0.480. The van der Waals surface area contributed by atoms with E-state index in [4.69, 9.17) is 28.9 Å². The van der Waals surface area contributed by atoms with Crippen LogP contribution in [0.2, 0.25) is 10.0 Å². The summed E-state index contributed by atoms with van der Waals surface area (Å²) >= 11 is 15.6. The third kappa shape index (κ3) is 2.74. The molecule has 2 aromatic rings. The Kier molecular flexibility index (Phi) is 4.05. The average Bonchev–Trinajstić information content (AvgIpc) is 2.34. The van der Waals surface area contributed by atoms with E-state index in [1.165, 1.54) is 0 Å². The first-order valence-electron chi connectivity index (χ1n) is 5.25. The fourth-order valence-corrected chi connectivity index (χ4v) is 2.36. The molecule has 0 amide bonds. The van der Waals surface area contributed by atoms with E-state index in [1.54, 1.807) is 0 Å². The van der Waals surface area contributed by atoms with Crippen LogP contribution in [0.1, 0.15) is 5.56 Å². The summed E-state index contributed by atoms with van der Waals surface area (Å²) in [5, 5.41) is 4.20. The molecule has 5 heteroatoms. The van der Waals surface area contributed by atoms with Crippen molar-refractivity contribution in [1.29, 1.82) is 0 Å². The number of nitrogens with one attached hydrogen (secondary N) is 1. The third-order valence-corrected chi connectivity index (χ3v) is 4.34. The van der Waals surface area contributed by atoms with Crippen molar-refractivity contribution in [1.82, 2.24) is 0 Å². The molecule has 2 rings (SSSR count). The van der Waals surface area contributed by atoms with E-state index < -0.39 is 0 Å². The first-order valence-corrected chi connectivity index (χ1v) is 6.80. The molecule has 0 heterocycles. The van der Waals surface area contributed by atoms with Gasteiger partial charge in [0.1, 0.15) is 0 Å². The van der Waals surface area contributed by atoms with Gasteiger partial charge in [-0.15, -0.1) is 0 Å². The van der Waals surface area contributed by atoms with Gasteiger partial charge in [0.2, 0.25) is 0 Å². The van der Waals surface area contributed by atoms with Gasteiger partial charge in [-0.05, 0) is 52.7 Å². The van der Waals surface area contributed by atoms with Gasteiger partial charge in [-0.1, -0.05) is 29.3 Å². The van der Waals surface area contributed by atoms with Gasteiger partial charge in [0.15, 0.2) is 0 Å². The summed E-state index contributed by atoms with van der Waals surface area (Å²) in [4.78, 5) is 0. The maximum absolute atomic E-state index is 6.18. The van der Waals surface area contributed by atoms with Gasteiger partial charge in [0, 0.05) is 15.8 Å². The SMILES string of the molecule is Cc1ccc(N)cc1Nc1ccc(Br)c(Cl)c1Cl. The smallest absolute Gasteiger partial charge is 0.0838 e. The molecule has 0 aliphatic carbocycles. The van der Waals surface area contributed by atoms with Crippen LogP contribution >= 0.6 is 39.1 Å². The Balaban J connectivity index is 2.40. The van der Waals surface area contributed by atoms with Crippen LogP contribution < -0.4 is 11.1 Å². The second-order valence-corrected chi connectivity index (χ2v) is 5.53. The molecule has 0 unspecified atom stereocenters. The van der Waals surface area contributed by atoms with Crippen LogP contribution in [0.25, 0.3) is 0 Å². The molecule has 18 heavy (non-hydrogen) atoms. The van der Waals surface area contributed by atoms with Crippen molar-refractivity contribution >= 4 is 56.2 Å². The van der Waals surface area contributed by atoms with Crippen molar-refractivity contribution in [3.63, 3.8) is 0 Å². The monoisotopic (exact) mass is 344 g/mol. The fraction of sp³-hybridized carbons (Fsp3) is 0.0769. The van der Waals surface area contributed by atoms with Gasteiger partial charge in [-0.2, -0.15) is 0 Å². The van der Waals surface area contributed by atoms with Crippen LogP contribution in [-0.2, 0) is 0 Å². The lowest BCUT2D eigenvalue weighted by molar-refractivity contribution is 1.43. The number of hydrogen-bond acceptors (Lipinski definition) is 2. The van der Waals surface area contributed by atoms with Crippen LogP contribution in [0.4, 0.5) is 17.1 Å². The van der Waals surface area contributed by atoms with Crippen LogP contribution in [0, 0.1) is 6.92 Å². The summed E-state index contributed by atoms with van der Waals surface area (Å²) in [6.45, 7) is 2.00. The molecule has 0 fully saturated rings. The molecule has 2 aromatic carbocycles. The molecule has 0 spiro atoms. The van der Waals surface area contributed by atoms with Crippen molar-refractivity contribution < 1.29 is 0 Å². The zero-order valence-electron chi connectivity index (χ0n) is 9.60. The lowest BCUT2D eigenvalue weighted by atomic mass is 10.1. The highest BCUT2D eigenvalue weighted by molar-refractivity contribution is 9.10. The summed E-state index contributed by atoms with van der Waals surface area (Å²) in [6, 6.07) is 9.38. The number of halogens is 3. The van der Waals surface area contributed by atoms with E-state index in [0.29, 0.717) is 15.7 Å². The van der Waals surface area contributed by atoms with Gasteiger partial charge in [0.25, 0.3) is 0 Å². The minimum atomic E-state index is 0.480. The summed E-state index contributed by atoms with van der Waals surface area (Å²) < 4.78 is 0.768. The molecule has 94 valence electrons. The van der Waals surface area contributed by atoms with E-state index in [9.17, 15) is 0 Å². The highest BCUT2D eigenvalue weighted by atomic mass is 79.9. The van der Waals surface area contributed by atoms with Crippen LogP contribution in [0.3, 0.4) is 0 Å². The molecular formula is C13H11BrCl2N2. The van der Waals surface area contributed by atoms with Crippen LogP contribution in [0.5, 0.6) is 0 Å². The minimum Gasteiger partial charge on any atom is -0.399 e. The predicted molar refractivity (Wildman–Crippen MR) is 83.0 cm³/mol. The Morgan fingerprint density at radius 3 is 2.50 bits per heavy atom. The van der Waals surface area contributed by atoms with Gasteiger partial charge >= 0.3 is 0 Å². The Labute approximate surface area is 124 Å². The zero-order valence-corrected chi connectivity index (χ0v) is 12.7. The Bertz CT molecular complexity index is 600. The first kappa shape index (κ1) is 13.5. The van der Waals surface area contributed by atoms with Gasteiger partial charge in [0.05, 0.1) is 15.7 Å². The lowest BCUT2D eigenvalue weighted by Crippen LogP contribution is -1.96. The first-order chi connectivity index (χ1) is 8.49. The molecule has 0 radical (unpaired) electrons. The summed E-state index contributed by atoms with van der Waals surface area (Å²) in [5.74, 6) is 0. The second-order valence-electron chi connectivity index (χ2n) is 3.92. The quantitative estimate of drug-likeness (QED) is 0.565. The molecule has 2 nitrogen and oxygen atoms in total. The standard InChI is InChI=1S/C13H11BrCl2N2/c1-7-2-3-8(17)6-11(7)18-10-5-4-9(14)12(15)13(10)16/h2-6,18H,17H2,1H3. The third-order valence-electron chi connectivity index (χ3n) is 2.57. The van der Waals surface area contributed by atoms with E-state index in [1.807, 2.05) is 37.3 Å². The summed E-state index contributed by atoms with van der Waals surface area (Å²) in [6.07, 6.45) is 0. The largest absolute Gasteiger partial charge is 0.399 e. The Hall–Kier alpha value is -0.900. The van der Waals surface area contributed by atoms with Crippen molar-refractivity contribution in [3.05, 3.63) is 50.4 Å². The molecule has 0 aromatic heterocycles. The maximum Gasteiger partial charge on any atom is 0.0838 e. The molecule has 0 atom stereocenters. The molecule has 0 bridgehead atoms. The number of benzene rings is 2. The number of hydrogen-bond donors (Lipinski definition) is 2. The van der Waals surface area contributed by atoms with E-state index in [2.05, 4.69) is 21.2 Å². The van der Waals surface area contributed by atoms with Gasteiger partial charge in [-0.25, -0.2) is 0 Å². The van der Waals surface area contributed by atoms with Crippen molar-refractivity contribution in [2.24, 2.45) is 0 Å². The van der Waals surface area contributed by atoms with E-state index in [-0.39, 0.29) is 0 Å². The van der Waals surface area contributed by atoms with Gasteiger partial charge < -0.3 is 11.1 Å². The van der Waals surface area contributed by atoms with Crippen LogP contribution in [-0.4, -0.2) is 0 Å². The molecule has 3 N–H and O–H groups in total. The Morgan fingerprint density at radius 2 is 1.78 bits per heavy atom. The molecule has 0 aliphatic heterocycles. The predicted octanol–water partition coefficient (Wildman–Crippen LogP) is 5.39. The molecule has 0 aliphatic rings. The van der Waals surface area contributed by atoms with E-state index in [0.717, 1.165) is 21.4 Å². The maximum atomic E-state index is 6.18. The number of aryl methyl sites for hydroxylation is 1. The highest BCUT2D eigenvalue weighted by Crippen LogP contribution is 2.37. The average molecular weight is 346 g/mol. The highest BCUT2D eigenvalue weighted by Gasteiger charge is 2.09. The van der Waals surface area contributed by atoms with Gasteiger partial charge in [-0.3, -0.25) is 0 Å². The molecule has 0 saturated heterocycles. The second kappa shape index (κ2) is 5.39. The number of nitrogens with two attached hydrogens (primary N) is 1. The van der Waals surface area contributed by atoms with Crippen molar-refractivity contribution in [2.45, 2.75) is 6.92 Å². The number of rotatable bonds is 2. The topological polar surface area (TPSA) is 38.0 Å². The Morgan fingerprint density at radius 1 is 1.06 bits per heavy atom. The number of anilines is 3. The summed E-state index contributed by atoms with van der Waals surface area (Å²) in [7, 11) is 0. The van der Waals surface area contributed by atoms with Crippen LogP contribution in [0.15, 0.2) is 34.8 Å². The fourth-order valence-electron chi connectivity index (χ4n) is 1.54. The summed E-state index contributed by atoms with van der Waals surface area (Å²) in [5.41, 5.74) is 9.21. The molecular weight excluding hydrogens is 335 g/mol.